The molecule has 0 saturated carbocycles. The number of hydrogen-bond acceptors (Lipinski definition) is 3. The van der Waals surface area contributed by atoms with Crippen LogP contribution in [0.2, 0.25) is 0 Å². The Morgan fingerprint density at radius 2 is 1.95 bits per heavy atom. The summed E-state index contributed by atoms with van der Waals surface area (Å²) < 4.78 is 18.0. The predicted molar refractivity (Wildman–Crippen MR) is 76.0 cm³/mol. The van der Waals surface area contributed by atoms with Gasteiger partial charge in [-0.2, -0.15) is 0 Å². The average Bonchev–Trinajstić information content (AvgIpc) is 2.41. The Bertz CT molecular complexity index is 585. The molecule has 1 amide bonds. The molecule has 0 atom stereocenters. The van der Waals surface area contributed by atoms with Crippen LogP contribution in [0.1, 0.15) is 6.42 Å². The third-order valence-corrected chi connectivity index (χ3v) is 2.58. The summed E-state index contributed by atoms with van der Waals surface area (Å²) in [7, 11) is 0. The van der Waals surface area contributed by atoms with E-state index in [1.165, 1.54) is 24.3 Å². The number of halogens is 1. The summed E-state index contributed by atoms with van der Waals surface area (Å²) in [5.41, 5.74) is 6.85. The SMILES string of the molecule is Nc1cccc(NC(=O)CCOc2ccc(F)cc2)c1. The van der Waals surface area contributed by atoms with Crippen LogP contribution in [0.25, 0.3) is 0 Å². The molecular weight excluding hydrogens is 259 g/mol. The molecule has 0 aliphatic heterocycles. The second-order valence-electron chi connectivity index (χ2n) is 4.23. The third-order valence-electron chi connectivity index (χ3n) is 2.58. The Morgan fingerprint density at radius 3 is 2.65 bits per heavy atom. The summed E-state index contributed by atoms with van der Waals surface area (Å²) in [6, 6.07) is 12.6. The Balaban J connectivity index is 1.76. The number of rotatable bonds is 5. The zero-order chi connectivity index (χ0) is 14.4. The highest BCUT2D eigenvalue weighted by Gasteiger charge is 2.03. The molecule has 0 fully saturated rings. The van der Waals surface area contributed by atoms with Gasteiger partial charge in [0.15, 0.2) is 0 Å². The second-order valence-corrected chi connectivity index (χ2v) is 4.23. The Hall–Kier alpha value is -2.56. The van der Waals surface area contributed by atoms with Gasteiger partial charge in [0, 0.05) is 11.4 Å². The number of ether oxygens (including phenoxy) is 1. The van der Waals surface area contributed by atoms with E-state index >= 15 is 0 Å². The maximum atomic E-state index is 12.7. The normalized spacial score (nSPS) is 10.1. The van der Waals surface area contributed by atoms with E-state index in [-0.39, 0.29) is 24.8 Å². The topological polar surface area (TPSA) is 64.3 Å². The van der Waals surface area contributed by atoms with E-state index in [2.05, 4.69) is 5.32 Å². The Labute approximate surface area is 116 Å². The molecule has 3 N–H and O–H groups in total. The van der Waals surface area contributed by atoms with Gasteiger partial charge in [-0.1, -0.05) is 6.07 Å². The van der Waals surface area contributed by atoms with E-state index in [0.29, 0.717) is 17.1 Å². The van der Waals surface area contributed by atoms with Crippen LogP contribution in [0.5, 0.6) is 5.75 Å². The van der Waals surface area contributed by atoms with Crippen molar-refractivity contribution < 1.29 is 13.9 Å². The fraction of sp³-hybridized carbons (Fsp3) is 0.133. The molecule has 2 aromatic rings. The van der Waals surface area contributed by atoms with Gasteiger partial charge in [-0.05, 0) is 42.5 Å². The van der Waals surface area contributed by atoms with Crippen LogP contribution in [0, 0.1) is 5.82 Å². The highest BCUT2D eigenvalue weighted by molar-refractivity contribution is 5.91. The largest absolute Gasteiger partial charge is 0.493 e. The molecule has 2 aromatic carbocycles. The molecule has 5 heteroatoms. The molecule has 4 nitrogen and oxygen atoms in total. The first-order chi connectivity index (χ1) is 9.63. The van der Waals surface area contributed by atoms with E-state index in [4.69, 9.17) is 10.5 Å². The molecule has 0 heterocycles. The predicted octanol–water partition coefficient (Wildman–Crippen LogP) is 2.82. The molecule has 20 heavy (non-hydrogen) atoms. The molecule has 0 aromatic heterocycles. The summed E-state index contributed by atoms with van der Waals surface area (Å²) in [4.78, 5) is 11.7. The van der Waals surface area contributed by atoms with E-state index in [1.807, 2.05) is 0 Å². The summed E-state index contributed by atoms with van der Waals surface area (Å²) in [6.45, 7) is 0.222. The van der Waals surface area contributed by atoms with Crippen molar-refractivity contribution in [3.8, 4) is 5.75 Å². The van der Waals surface area contributed by atoms with Crippen LogP contribution in [0.4, 0.5) is 15.8 Å². The van der Waals surface area contributed by atoms with Crippen LogP contribution in [-0.4, -0.2) is 12.5 Å². The van der Waals surface area contributed by atoms with Crippen LogP contribution < -0.4 is 15.8 Å². The fourth-order valence-corrected chi connectivity index (χ4v) is 1.63. The lowest BCUT2D eigenvalue weighted by Gasteiger charge is -2.07. The quantitative estimate of drug-likeness (QED) is 0.824. The minimum absolute atomic E-state index is 0.169. The number of benzene rings is 2. The minimum Gasteiger partial charge on any atom is -0.493 e. The van der Waals surface area contributed by atoms with Crippen molar-refractivity contribution in [2.45, 2.75) is 6.42 Å². The van der Waals surface area contributed by atoms with Crippen LogP contribution in [-0.2, 0) is 4.79 Å². The molecule has 104 valence electrons. The van der Waals surface area contributed by atoms with Crippen molar-refractivity contribution in [3.63, 3.8) is 0 Å². The van der Waals surface area contributed by atoms with Crippen LogP contribution in [0.15, 0.2) is 48.5 Å². The molecule has 0 bridgehead atoms. The van der Waals surface area contributed by atoms with Gasteiger partial charge in [0.05, 0.1) is 13.0 Å². The molecule has 0 saturated heterocycles. The number of nitrogens with one attached hydrogen (secondary N) is 1. The Kier molecular flexibility index (Phi) is 4.55. The first-order valence-corrected chi connectivity index (χ1v) is 6.17. The summed E-state index contributed by atoms with van der Waals surface area (Å²) >= 11 is 0. The van der Waals surface area contributed by atoms with Gasteiger partial charge in [-0.15, -0.1) is 0 Å². The standard InChI is InChI=1S/C15H15FN2O2/c16-11-4-6-14(7-5-11)20-9-8-15(19)18-13-3-1-2-12(17)10-13/h1-7,10H,8-9,17H2,(H,18,19). The number of anilines is 2. The zero-order valence-corrected chi connectivity index (χ0v) is 10.8. The summed E-state index contributed by atoms with van der Waals surface area (Å²) in [5, 5.41) is 2.72. The zero-order valence-electron chi connectivity index (χ0n) is 10.8. The molecule has 0 spiro atoms. The Morgan fingerprint density at radius 1 is 1.20 bits per heavy atom. The van der Waals surface area contributed by atoms with Gasteiger partial charge in [0.1, 0.15) is 11.6 Å². The van der Waals surface area contributed by atoms with Gasteiger partial charge in [0.25, 0.3) is 0 Å². The first kappa shape index (κ1) is 13.9. The van der Waals surface area contributed by atoms with Gasteiger partial charge in [-0.25, -0.2) is 4.39 Å². The lowest BCUT2D eigenvalue weighted by atomic mass is 10.3. The molecule has 0 radical (unpaired) electrons. The number of nitrogen functional groups attached to an aromatic ring is 1. The molecule has 0 aliphatic carbocycles. The highest BCUT2D eigenvalue weighted by Crippen LogP contribution is 2.13. The monoisotopic (exact) mass is 274 g/mol. The van der Waals surface area contributed by atoms with Crippen molar-refractivity contribution in [2.24, 2.45) is 0 Å². The lowest BCUT2D eigenvalue weighted by Crippen LogP contribution is -2.15. The van der Waals surface area contributed by atoms with Crippen molar-refractivity contribution in [2.75, 3.05) is 17.7 Å². The number of carbonyl (C=O) groups is 1. The molecule has 2 rings (SSSR count). The summed E-state index contributed by atoms with van der Waals surface area (Å²) in [6.07, 6.45) is 0.201. The fourth-order valence-electron chi connectivity index (χ4n) is 1.63. The van der Waals surface area contributed by atoms with E-state index < -0.39 is 0 Å². The van der Waals surface area contributed by atoms with Crippen molar-refractivity contribution in [3.05, 3.63) is 54.3 Å². The van der Waals surface area contributed by atoms with Gasteiger partial charge in [0.2, 0.25) is 5.91 Å². The van der Waals surface area contributed by atoms with Gasteiger partial charge >= 0.3 is 0 Å². The van der Waals surface area contributed by atoms with Crippen molar-refractivity contribution in [1.82, 2.24) is 0 Å². The lowest BCUT2D eigenvalue weighted by molar-refractivity contribution is -0.116. The minimum atomic E-state index is -0.322. The maximum Gasteiger partial charge on any atom is 0.227 e. The second kappa shape index (κ2) is 6.56. The van der Waals surface area contributed by atoms with E-state index in [1.54, 1.807) is 24.3 Å². The van der Waals surface area contributed by atoms with E-state index in [9.17, 15) is 9.18 Å². The molecule has 0 aliphatic rings. The number of amides is 1. The van der Waals surface area contributed by atoms with Crippen LogP contribution in [0.3, 0.4) is 0 Å². The van der Waals surface area contributed by atoms with Crippen molar-refractivity contribution >= 4 is 17.3 Å². The third kappa shape index (κ3) is 4.28. The smallest absolute Gasteiger partial charge is 0.227 e. The first-order valence-electron chi connectivity index (χ1n) is 6.17. The van der Waals surface area contributed by atoms with E-state index in [0.717, 1.165) is 0 Å². The number of nitrogens with two attached hydrogens (primary N) is 1. The van der Waals surface area contributed by atoms with Crippen LogP contribution >= 0.6 is 0 Å². The number of carbonyl (C=O) groups excluding carboxylic acids is 1. The maximum absolute atomic E-state index is 12.7. The summed E-state index contributed by atoms with van der Waals surface area (Å²) in [5.74, 6) is 0.0395. The molecule has 0 unspecified atom stereocenters. The van der Waals surface area contributed by atoms with Gasteiger partial charge < -0.3 is 15.8 Å². The van der Waals surface area contributed by atoms with Crippen molar-refractivity contribution in [1.29, 1.82) is 0 Å². The average molecular weight is 274 g/mol. The molecular formula is C15H15FN2O2. The van der Waals surface area contributed by atoms with Gasteiger partial charge in [-0.3, -0.25) is 4.79 Å². The highest BCUT2D eigenvalue weighted by atomic mass is 19.1. The number of hydrogen-bond donors (Lipinski definition) is 2.